The molecular formula is C11H16N2O3S. The van der Waals surface area contributed by atoms with E-state index in [0.717, 1.165) is 5.56 Å². The summed E-state index contributed by atoms with van der Waals surface area (Å²) >= 11 is 1.20. The van der Waals surface area contributed by atoms with Crippen molar-refractivity contribution in [3.8, 4) is 0 Å². The number of carbonyl (C=O) groups is 2. The Morgan fingerprint density at radius 1 is 1.53 bits per heavy atom. The monoisotopic (exact) mass is 256 g/mol. The van der Waals surface area contributed by atoms with E-state index < -0.39 is 5.97 Å². The lowest BCUT2D eigenvalue weighted by molar-refractivity contribution is -0.121. The number of rotatable bonds is 6. The summed E-state index contributed by atoms with van der Waals surface area (Å²) in [7, 11) is 1.79. The summed E-state index contributed by atoms with van der Waals surface area (Å²) in [6, 6.07) is 1.78. The molecule has 1 heterocycles. The Morgan fingerprint density at radius 2 is 2.24 bits per heavy atom. The summed E-state index contributed by atoms with van der Waals surface area (Å²) in [5, 5.41) is 13.4. The molecule has 6 heteroatoms. The number of nitrogens with one attached hydrogen (secondary N) is 1. The fourth-order valence-electron chi connectivity index (χ4n) is 1.49. The van der Waals surface area contributed by atoms with Gasteiger partial charge in [-0.05, 0) is 31.0 Å². The summed E-state index contributed by atoms with van der Waals surface area (Å²) in [6.07, 6.45) is 0. The molecule has 94 valence electrons. The first-order valence-electron chi connectivity index (χ1n) is 5.29. The van der Waals surface area contributed by atoms with Crippen LogP contribution in [0.4, 0.5) is 0 Å². The maximum atomic E-state index is 11.3. The quantitative estimate of drug-likeness (QED) is 0.797. The number of thiophene rings is 1. The molecule has 1 amide bonds. The second kappa shape index (κ2) is 6.36. The SMILES string of the molecule is CCNC(=O)CN(C)Cc1ccsc1C(=O)O. The molecule has 0 fully saturated rings. The van der Waals surface area contributed by atoms with Gasteiger partial charge in [0.15, 0.2) is 0 Å². The fourth-order valence-corrected chi connectivity index (χ4v) is 2.25. The molecule has 17 heavy (non-hydrogen) atoms. The molecule has 1 aromatic rings. The van der Waals surface area contributed by atoms with E-state index in [2.05, 4.69) is 5.32 Å². The third kappa shape index (κ3) is 4.16. The van der Waals surface area contributed by atoms with Gasteiger partial charge in [0.2, 0.25) is 5.91 Å². The van der Waals surface area contributed by atoms with E-state index in [1.807, 2.05) is 6.92 Å². The summed E-state index contributed by atoms with van der Waals surface area (Å²) in [6.45, 7) is 3.19. The van der Waals surface area contributed by atoms with Crippen molar-refractivity contribution in [3.05, 3.63) is 21.9 Å². The fraction of sp³-hybridized carbons (Fsp3) is 0.455. The average molecular weight is 256 g/mol. The van der Waals surface area contributed by atoms with Crippen LogP contribution in [0.3, 0.4) is 0 Å². The van der Waals surface area contributed by atoms with Crippen molar-refractivity contribution in [1.82, 2.24) is 10.2 Å². The van der Waals surface area contributed by atoms with Gasteiger partial charge in [0, 0.05) is 13.1 Å². The number of amides is 1. The minimum atomic E-state index is -0.915. The lowest BCUT2D eigenvalue weighted by Gasteiger charge is -2.15. The van der Waals surface area contributed by atoms with Crippen LogP contribution in [0.25, 0.3) is 0 Å². The van der Waals surface area contributed by atoms with Crippen LogP contribution in [-0.2, 0) is 11.3 Å². The number of likely N-dealkylation sites (N-methyl/N-ethyl adjacent to an activating group) is 2. The van der Waals surface area contributed by atoms with Gasteiger partial charge in [0.1, 0.15) is 4.88 Å². The molecule has 5 nitrogen and oxygen atoms in total. The predicted octanol–water partition coefficient (Wildman–Crippen LogP) is 1.01. The number of carboxylic acid groups (broad SMARTS) is 1. The van der Waals surface area contributed by atoms with Gasteiger partial charge in [0.05, 0.1) is 6.54 Å². The van der Waals surface area contributed by atoms with Gasteiger partial charge in [-0.1, -0.05) is 0 Å². The average Bonchev–Trinajstić information content (AvgIpc) is 2.65. The molecule has 0 aromatic carbocycles. The van der Waals surface area contributed by atoms with Gasteiger partial charge in [-0.15, -0.1) is 11.3 Å². The second-order valence-electron chi connectivity index (χ2n) is 3.71. The third-order valence-corrected chi connectivity index (χ3v) is 3.11. The van der Waals surface area contributed by atoms with Crippen molar-refractivity contribution >= 4 is 23.2 Å². The lowest BCUT2D eigenvalue weighted by atomic mass is 10.2. The van der Waals surface area contributed by atoms with Crippen molar-refractivity contribution in [1.29, 1.82) is 0 Å². The highest BCUT2D eigenvalue weighted by atomic mass is 32.1. The van der Waals surface area contributed by atoms with Gasteiger partial charge < -0.3 is 10.4 Å². The van der Waals surface area contributed by atoms with Crippen LogP contribution >= 0.6 is 11.3 Å². The Labute approximate surface area is 104 Å². The molecule has 0 aliphatic rings. The topological polar surface area (TPSA) is 69.6 Å². The highest BCUT2D eigenvalue weighted by molar-refractivity contribution is 7.12. The summed E-state index contributed by atoms with van der Waals surface area (Å²) < 4.78 is 0. The zero-order valence-electron chi connectivity index (χ0n) is 9.90. The van der Waals surface area contributed by atoms with Crippen LogP contribution in [0.5, 0.6) is 0 Å². The minimum Gasteiger partial charge on any atom is -0.477 e. The molecule has 0 unspecified atom stereocenters. The van der Waals surface area contributed by atoms with Gasteiger partial charge in [-0.25, -0.2) is 4.79 Å². The first-order valence-corrected chi connectivity index (χ1v) is 6.17. The van der Waals surface area contributed by atoms with E-state index in [1.165, 1.54) is 11.3 Å². The Balaban J connectivity index is 2.56. The first-order chi connectivity index (χ1) is 8.04. The Bertz CT molecular complexity index is 403. The van der Waals surface area contributed by atoms with Crippen LogP contribution < -0.4 is 5.32 Å². The maximum Gasteiger partial charge on any atom is 0.346 e. The van der Waals surface area contributed by atoms with Crippen molar-refractivity contribution in [2.24, 2.45) is 0 Å². The molecule has 1 rings (SSSR count). The smallest absolute Gasteiger partial charge is 0.346 e. The van der Waals surface area contributed by atoms with E-state index in [-0.39, 0.29) is 12.5 Å². The van der Waals surface area contributed by atoms with E-state index in [0.29, 0.717) is 18.0 Å². The zero-order valence-corrected chi connectivity index (χ0v) is 10.7. The number of hydrogen-bond donors (Lipinski definition) is 2. The van der Waals surface area contributed by atoms with Crippen LogP contribution in [0.1, 0.15) is 22.2 Å². The zero-order chi connectivity index (χ0) is 12.8. The van der Waals surface area contributed by atoms with Crippen LogP contribution in [0.15, 0.2) is 11.4 Å². The Morgan fingerprint density at radius 3 is 2.82 bits per heavy atom. The molecule has 1 aromatic heterocycles. The largest absolute Gasteiger partial charge is 0.477 e. The van der Waals surface area contributed by atoms with E-state index in [1.54, 1.807) is 23.4 Å². The van der Waals surface area contributed by atoms with Gasteiger partial charge in [0.25, 0.3) is 0 Å². The van der Waals surface area contributed by atoms with Crippen molar-refractivity contribution in [3.63, 3.8) is 0 Å². The van der Waals surface area contributed by atoms with Crippen LogP contribution in [0, 0.1) is 0 Å². The molecule has 0 saturated carbocycles. The highest BCUT2D eigenvalue weighted by Crippen LogP contribution is 2.17. The van der Waals surface area contributed by atoms with Gasteiger partial charge >= 0.3 is 5.97 Å². The van der Waals surface area contributed by atoms with E-state index in [4.69, 9.17) is 5.11 Å². The molecule has 0 aliphatic heterocycles. The van der Waals surface area contributed by atoms with Crippen molar-refractivity contribution in [2.45, 2.75) is 13.5 Å². The Hall–Kier alpha value is -1.40. The molecular weight excluding hydrogens is 240 g/mol. The number of carboxylic acids is 1. The van der Waals surface area contributed by atoms with Gasteiger partial charge in [-0.2, -0.15) is 0 Å². The minimum absolute atomic E-state index is 0.0536. The number of hydrogen-bond acceptors (Lipinski definition) is 4. The summed E-state index contributed by atoms with van der Waals surface area (Å²) in [4.78, 5) is 24.4. The molecule has 2 N–H and O–H groups in total. The van der Waals surface area contributed by atoms with Crippen LogP contribution in [0.2, 0.25) is 0 Å². The van der Waals surface area contributed by atoms with Gasteiger partial charge in [-0.3, -0.25) is 9.69 Å². The van der Waals surface area contributed by atoms with Crippen LogP contribution in [-0.4, -0.2) is 42.0 Å². The van der Waals surface area contributed by atoms with Crippen molar-refractivity contribution < 1.29 is 14.7 Å². The molecule has 0 atom stereocenters. The third-order valence-electron chi connectivity index (χ3n) is 2.17. The summed E-state index contributed by atoms with van der Waals surface area (Å²) in [5.74, 6) is -0.969. The lowest BCUT2D eigenvalue weighted by Crippen LogP contribution is -2.34. The highest BCUT2D eigenvalue weighted by Gasteiger charge is 2.14. The molecule has 0 saturated heterocycles. The van der Waals surface area contributed by atoms with E-state index in [9.17, 15) is 9.59 Å². The van der Waals surface area contributed by atoms with Crippen molar-refractivity contribution in [2.75, 3.05) is 20.1 Å². The predicted molar refractivity (Wildman–Crippen MR) is 66.3 cm³/mol. The molecule has 0 aliphatic carbocycles. The molecule has 0 radical (unpaired) electrons. The molecule has 0 spiro atoms. The normalized spacial score (nSPS) is 10.5. The standard InChI is InChI=1S/C11H16N2O3S/c1-3-12-9(14)7-13(2)6-8-4-5-17-10(8)11(15)16/h4-5H,3,6-7H2,1-2H3,(H,12,14)(H,15,16). The number of nitrogens with zero attached hydrogens (tertiary/aromatic N) is 1. The summed E-state index contributed by atoms with van der Waals surface area (Å²) in [5.41, 5.74) is 0.745. The number of carbonyl (C=O) groups excluding carboxylic acids is 1. The molecule has 0 bridgehead atoms. The Kier molecular flexibility index (Phi) is 5.11. The van der Waals surface area contributed by atoms with E-state index >= 15 is 0 Å². The number of aromatic carboxylic acids is 1. The first kappa shape index (κ1) is 13.7. The second-order valence-corrected chi connectivity index (χ2v) is 4.62. The maximum absolute atomic E-state index is 11.3.